The molecule has 1 unspecified atom stereocenters. The van der Waals surface area contributed by atoms with Crippen molar-refractivity contribution in [1.29, 1.82) is 4.78 Å². The number of nitrogens with one attached hydrogen (secondary N) is 3. The molecule has 2 aromatic rings. The van der Waals surface area contributed by atoms with Crippen molar-refractivity contribution < 1.29 is 18.1 Å². The fraction of sp³-hybridized carbons (Fsp3) is 0.522. The summed E-state index contributed by atoms with van der Waals surface area (Å²) in [7, 11) is -2.95. The van der Waals surface area contributed by atoms with Crippen LogP contribution in [-0.2, 0) is 14.5 Å². The largest absolute Gasteiger partial charge is 0.446 e. The van der Waals surface area contributed by atoms with E-state index in [4.69, 9.17) is 9.52 Å². The Kier molecular flexibility index (Phi) is 5.50. The molecular formula is C23H28FN5O3S. The third-order valence-corrected chi connectivity index (χ3v) is 9.10. The predicted molar refractivity (Wildman–Crippen MR) is 122 cm³/mol. The normalized spacial score (nSPS) is 25.2. The summed E-state index contributed by atoms with van der Waals surface area (Å²) in [6.07, 6.45) is 8.86. The van der Waals surface area contributed by atoms with E-state index in [0.717, 1.165) is 50.5 Å². The van der Waals surface area contributed by atoms with Crippen molar-refractivity contribution in [3.05, 3.63) is 42.0 Å². The second-order valence-electron chi connectivity index (χ2n) is 9.63. The summed E-state index contributed by atoms with van der Waals surface area (Å²) in [6.45, 7) is 2.01. The van der Waals surface area contributed by atoms with Crippen LogP contribution in [0.3, 0.4) is 0 Å². The highest BCUT2D eigenvalue weighted by Gasteiger charge is 2.40. The Labute approximate surface area is 192 Å². The second-order valence-corrected chi connectivity index (χ2v) is 12.0. The van der Waals surface area contributed by atoms with Crippen molar-refractivity contribution in [1.82, 2.24) is 15.3 Å². The van der Waals surface area contributed by atoms with Crippen molar-refractivity contribution in [3.63, 3.8) is 0 Å². The van der Waals surface area contributed by atoms with Crippen LogP contribution >= 0.6 is 0 Å². The summed E-state index contributed by atoms with van der Waals surface area (Å²) >= 11 is 0. The van der Waals surface area contributed by atoms with Crippen LogP contribution in [0.4, 0.5) is 20.8 Å². The number of hydrogen-bond donors (Lipinski definition) is 3. The molecule has 33 heavy (non-hydrogen) atoms. The molecular weight excluding hydrogens is 445 g/mol. The van der Waals surface area contributed by atoms with Crippen LogP contribution in [0.1, 0.15) is 63.4 Å². The van der Waals surface area contributed by atoms with E-state index in [2.05, 4.69) is 20.6 Å². The summed E-state index contributed by atoms with van der Waals surface area (Å²) in [6, 6.07) is 4.18. The van der Waals surface area contributed by atoms with Gasteiger partial charge in [-0.25, -0.2) is 28.1 Å². The van der Waals surface area contributed by atoms with Gasteiger partial charge >= 0.3 is 6.09 Å². The van der Waals surface area contributed by atoms with Gasteiger partial charge in [0.05, 0.1) is 20.3 Å². The Morgan fingerprint density at radius 2 is 1.94 bits per heavy atom. The molecule has 8 nitrogen and oxygen atoms in total. The van der Waals surface area contributed by atoms with Crippen LogP contribution in [0.5, 0.6) is 0 Å². The maximum atomic E-state index is 14.6. The number of rotatable bonds is 7. The molecule has 0 bridgehead atoms. The van der Waals surface area contributed by atoms with Gasteiger partial charge in [0.2, 0.25) is 5.95 Å². The van der Waals surface area contributed by atoms with Crippen molar-refractivity contribution in [3.8, 4) is 0 Å². The summed E-state index contributed by atoms with van der Waals surface area (Å²) in [5, 5.41) is 5.60. The Morgan fingerprint density at radius 1 is 1.21 bits per heavy atom. The molecule has 3 fully saturated rings. The lowest BCUT2D eigenvalue weighted by Gasteiger charge is -2.16. The van der Waals surface area contributed by atoms with Crippen LogP contribution in [0.25, 0.3) is 0 Å². The van der Waals surface area contributed by atoms with E-state index in [0.29, 0.717) is 0 Å². The van der Waals surface area contributed by atoms with Gasteiger partial charge in [-0.3, -0.25) is 0 Å². The van der Waals surface area contributed by atoms with E-state index in [9.17, 15) is 13.4 Å². The van der Waals surface area contributed by atoms with Gasteiger partial charge in [0.1, 0.15) is 11.9 Å². The third-order valence-electron chi connectivity index (χ3n) is 6.74. The van der Waals surface area contributed by atoms with Crippen molar-refractivity contribution in [2.45, 2.75) is 79.6 Å². The first kappa shape index (κ1) is 22.1. The summed E-state index contributed by atoms with van der Waals surface area (Å²) in [5.74, 6) is -0.131. The number of carbonyl (C=O) groups is 1. The zero-order valence-corrected chi connectivity index (χ0v) is 19.3. The second kappa shape index (κ2) is 8.23. The van der Waals surface area contributed by atoms with Gasteiger partial charge < -0.3 is 15.4 Å². The molecule has 10 heteroatoms. The fourth-order valence-electron chi connectivity index (χ4n) is 4.20. The molecule has 3 N–H and O–H groups in total. The Balaban J connectivity index is 1.17. The minimum absolute atomic E-state index is 0.0940. The lowest BCUT2D eigenvalue weighted by molar-refractivity contribution is 0.0967. The topological polar surface area (TPSA) is 117 Å². The summed E-state index contributed by atoms with van der Waals surface area (Å²) in [4.78, 5) is 20.9. The first-order valence-corrected chi connectivity index (χ1v) is 13.0. The highest BCUT2D eigenvalue weighted by molar-refractivity contribution is 7.93. The molecule has 176 valence electrons. The molecule has 1 heterocycles. The molecule has 0 saturated heterocycles. The number of nitrogens with zero attached hydrogens (tertiary/aromatic N) is 2. The minimum Gasteiger partial charge on any atom is -0.446 e. The van der Waals surface area contributed by atoms with Gasteiger partial charge in [-0.2, -0.15) is 0 Å². The standard InChI is InChI=1S/C23H28FN5O3S/c1-23(8-9-23)29-22(30)32-16-3-2-14(10-16)15-12-26-21(27-13-15)28-20-7-6-18(11-19(20)24)33(25,31)17-4-5-17/h6-7,11-14,16-17,25H,2-5,8-10H2,1H3,(H,29,30)(H,26,27,28)/t14-,16+,33?/m1/s1. The van der Waals surface area contributed by atoms with Gasteiger partial charge in [-0.05, 0) is 81.5 Å². The van der Waals surface area contributed by atoms with Crippen LogP contribution < -0.4 is 10.6 Å². The Morgan fingerprint density at radius 3 is 2.58 bits per heavy atom. The molecule has 1 aromatic carbocycles. The van der Waals surface area contributed by atoms with Crippen molar-refractivity contribution >= 4 is 27.5 Å². The zero-order valence-electron chi connectivity index (χ0n) is 18.5. The molecule has 1 aromatic heterocycles. The number of halogens is 1. The number of carbonyl (C=O) groups excluding carboxylic acids is 1. The van der Waals surface area contributed by atoms with E-state index >= 15 is 0 Å². The van der Waals surface area contributed by atoms with Crippen LogP contribution in [0, 0.1) is 10.6 Å². The number of hydrogen-bond acceptors (Lipinski definition) is 7. The van der Waals surface area contributed by atoms with Crippen LogP contribution in [0.2, 0.25) is 0 Å². The van der Waals surface area contributed by atoms with E-state index < -0.39 is 15.5 Å². The molecule has 0 spiro atoms. The minimum atomic E-state index is -2.95. The first-order chi connectivity index (χ1) is 15.7. The smallest absolute Gasteiger partial charge is 0.407 e. The Bertz CT molecular complexity index is 1160. The lowest BCUT2D eigenvalue weighted by atomic mass is 10.0. The number of ether oxygens (including phenoxy) is 1. The van der Waals surface area contributed by atoms with Gasteiger partial charge in [0.25, 0.3) is 0 Å². The summed E-state index contributed by atoms with van der Waals surface area (Å²) < 4.78 is 40.7. The molecule has 3 aliphatic rings. The van der Waals surface area contributed by atoms with E-state index in [1.807, 2.05) is 6.92 Å². The zero-order chi connectivity index (χ0) is 23.2. The molecule has 0 aliphatic heterocycles. The Hall–Kier alpha value is -2.75. The van der Waals surface area contributed by atoms with Gasteiger partial charge in [0, 0.05) is 23.2 Å². The van der Waals surface area contributed by atoms with E-state index in [1.165, 1.54) is 18.2 Å². The number of anilines is 2. The number of aromatic nitrogens is 2. The quantitative estimate of drug-likeness (QED) is 0.530. The SMILES string of the molecule is CC1(NC(=O)O[C@H]2CC[C@@H](c3cnc(Nc4ccc(S(=N)(=O)C5CC5)cc4F)nc3)C2)CC1. The van der Waals surface area contributed by atoms with Gasteiger partial charge in [-0.15, -0.1) is 0 Å². The molecule has 5 rings (SSSR count). The monoisotopic (exact) mass is 473 g/mol. The highest BCUT2D eigenvalue weighted by atomic mass is 32.2. The van der Waals surface area contributed by atoms with Gasteiger partial charge in [-0.1, -0.05) is 0 Å². The summed E-state index contributed by atoms with van der Waals surface area (Å²) in [5.41, 5.74) is 1.03. The van der Waals surface area contributed by atoms with E-state index in [-0.39, 0.29) is 45.4 Å². The fourth-order valence-corrected chi connectivity index (χ4v) is 5.94. The maximum absolute atomic E-state index is 14.6. The van der Waals surface area contributed by atoms with Crippen molar-refractivity contribution in [2.75, 3.05) is 5.32 Å². The molecule has 0 radical (unpaired) electrons. The van der Waals surface area contributed by atoms with Crippen molar-refractivity contribution in [2.24, 2.45) is 0 Å². The number of alkyl carbamates (subject to hydrolysis) is 1. The molecule has 3 aliphatic carbocycles. The average Bonchev–Trinajstić information content (AvgIpc) is 3.70. The van der Waals surface area contributed by atoms with Crippen LogP contribution in [0.15, 0.2) is 35.5 Å². The first-order valence-electron chi connectivity index (χ1n) is 11.4. The molecule has 3 atom stereocenters. The molecule has 3 saturated carbocycles. The highest BCUT2D eigenvalue weighted by Crippen LogP contribution is 2.38. The van der Waals surface area contributed by atoms with E-state index in [1.54, 1.807) is 12.4 Å². The van der Waals surface area contributed by atoms with Gasteiger partial charge in [0.15, 0.2) is 0 Å². The number of amides is 1. The van der Waals surface area contributed by atoms with Crippen LogP contribution in [-0.4, -0.2) is 37.2 Å². The third kappa shape index (κ3) is 4.95. The molecule has 1 amide bonds. The lowest BCUT2D eigenvalue weighted by Crippen LogP contribution is -2.36. The number of benzene rings is 1. The average molecular weight is 474 g/mol. The predicted octanol–water partition coefficient (Wildman–Crippen LogP) is 4.84. The maximum Gasteiger partial charge on any atom is 0.407 e.